The summed E-state index contributed by atoms with van der Waals surface area (Å²) in [4.78, 5) is 18.5. The Hall–Kier alpha value is -1.14. The first-order valence-corrected chi connectivity index (χ1v) is 8.23. The smallest absolute Gasteiger partial charge is 0.323 e. The Morgan fingerprint density at radius 1 is 1.55 bits per heavy atom. The standard InChI is InChI=1S/C14H21N3O2S/c1-2-19-8-10-5-6-17(7-10)14(18)16-13-15-12(9-20-13)11-3-4-11/h9-11H,2-8H2,1H3,(H,15,16,18)/t10-/m1/s1. The number of urea groups is 1. The van der Waals surface area contributed by atoms with Gasteiger partial charge in [-0.3, -0.25) is 5.32 Å². The van der Waals surface area contributed by atoms with Crippen molar-refractivity contribution in [3.63, 3.8) is 0 Å². The molecule has 1 saturated heterocycles. The van der Waals surface area contributed by atoms with E-state index in [0.29, 0.717) is 11.8 Å². The molecule has 5 nitrogen and oxygen atoms in total. The molecule has 1 N–H and O–H groups in total. The normalized spacial score (nSPS) is 22.2. The Balaban J connectivity index is 1.48. The van der Waals surface area contributed by atoms with E-state index in [0.717, 1.165) is 43.5 Å². The van der Waals surface area contributed by atoms with Crippen molar-refractivity contribution in [2.24, 2.45) is 5.92 Å². The van der Waals surface area contributed by atoms with Gasteiger partial charge in [0.15, 0.2) is 5.13 Å². The predicted octanol–water partition coefficient (Wildman–Crippen LogP) is 2.91. The third kappa shape index (κ3) is 3.30. The van der Waals surface area contributed by atoms with Gasteiger partial charge < -0.3 is 9.64 Å². The molecule has 1 saturated carbocycles. The molecule has 1 atom stereocenters. The second-order valence-corrected chi connectivity index (χ2v) is 6.40. The van der Waals surface area contributed by atoms with Crippen LogP contribution in [0.5, 0.6) is 0 Å². The zero-order chi connectivity index (χ0) is 13.9. The topological polar surface area (TPSA) is 54.5 Å². The summed E-state index contributed by atoms with van der Waals surface area (Å²) in [6, 6.07) is -0.0271. The van der Waals surface area contributed by atoms with Gasteiger partial charge in [0, 0.05) is 36.9 Å². The Bertz CT molecular complexity index is 473. The first-order chi connectivity index (χ1) is 9.76. The van der Waals surface area contributed by atoms with E-state index in [9.17, 15) is 4.79 Å². The predicted molar refractivity (Wildman–Crippen MR) is 79.3 cm³/mol. The molecule has 0 radical (unpaired) electrons. The minimum atomic E-state index is -0.0271. The fourth-order valence-corrected chi connectivity index (χ4v) is 3.30. The van der Waals surface area contributed by atoms with E-state index in [1.165, 1.54) is 24.2 Å². The van der Waals surface area contributed by atoms with Crippen LogP contribution in [0.2, 0.25) is 0 Å². The second kappa shape index (κ2) is 6.10. The summed E-state index contributed by atoms with van der Waals surface area (Å²) in [7, 11) is 0. The van der Waals surface area contributed by atoms with E-state index in [1.807, 2.05) is 11.8 Å². The number of hydrogen-bond acceptors (Lipinski definition) is 4. The Kier molecular flexibility index (Phi) is 4.21. The summed E-state index contributed by atoms with van der Waals surface area (Å²) in [5.74, 6) is 1.11. The van der Waals surface area contributed by atoms with Crippen LogP contribution in [0.1, 0.15) is 37.8 Å². The molecule has 6 heteroatoms. The van der Waals surface area contributed by atoms with Gasteiger partial charge in [-0.2, -0.15) is 0 Å². The van der Waals surface area contributed by atoms with Crippen molar-refractivity contribution >= 4 is 22.5 Å². The van der Waals surface area contributed by atoms with Gasteiger partial charge in [-0.25, -0.2) is 9.78 Å². The molecule has 2 aliphatic rings. The highest BCUT2D eigenvalue weighted by Crippen LogP contribution is 2.40. The van der Waals surface area contributed by atoms with Crippen molar-refractivity contribution < 1.29 is 9.53 Å². The molecule has 20 heavy (non-hydrogen) atoms. The van der Waals surface area contributed by atoms with Crippen molar-refractivity contribution in [2.45, 2.75) is 32.1 Å². The van der Waals surface area contributed by atoms with Crippen LogP contribution in [0.4, 0.5) is 9.93 Å². The van der Waals surface area contributed by atoms with Crippen LogP contribution < -0.4 is 5.32 Å². The molecule has 0 spiro atoms. The van der Waals surface area contributed by atoms with Gasteiger partial charge in [0.25, 0.3) is 0 Å². The molecule has 1 aromatic heterocycles. The third-order valence-corrected chi connectivity index (χ3v) is 4.64. The molecule has 1 aliphatic carbocycles. The Morgan fingerprint density at radius 2 is 2.40 bits per heavy atom. The number of carbonyl (C=O) groups excluding carboxylic acids is 1. The van der Waals surface area contributed by atoms with Crippen molar-refractivity contribution in [1.82, 2.24) is 9.88 Å². The van der Waals surface area contributed by atoms with Crippen LogP contribution in [0.25, 0.3) is 0 Å². The molecule has 0 aromatic carbocycles. The number of thiazole rings is 1. The average molecular weight is 295 g/mol. The highest BCUT2D eigenvalue weighted by Gasteiger charge is 2.28. The Labute approximate surface area is 123 Å². The number of amides is 2. The number of rotatable bonds is 5. The molecule has 3 rings (SSSR count). The van der Waals surface area contributed by atoms with E-state index in [4.69, 9.17) is 4.74 Å². The largest absolute Gasteiger partial charge is 0.381 e. The van der Waals surface area contributed by atoms with E-state index < -0.39 is 0 Å². The minimum Gasteiger partial charge on any atom is -0.381 e. The van der Waals surface area contributed by atoms with E-state index >= 15 is 0 Å². The maximum absolute atomic E-state index is 12.2. The summed E-state index contributed by atoms with van der Waals surface area (Å²) in [6.45, 7) is 5.09. The molecule has 2 amide bonds. The fourth-order valence-electron chi connectivity index (χ4n) is 2.52. The molecular formula is C14H21N3O2S. The molecule has 0 unspecified atom stereocenters. The van der Waals surface area contributed by atoms with Crippen LogP contribution in [-0.2, 0) is 4.74 Å². The number of anilines is 1. The maximum atomic E-state index is 12.2. The molecule has 110 valence electrons. The molecule has 2 fully saturated rings. The third-order valence-electron chi connectivity index (χ3n) is 3.86. The number of hydrogen-bond donors (Lipinski definition) is 1. The summed E-state index contributed by atoms with van der Waals surface area (Å²) in [6.07, 6.45) is 3.50. The monoisotopic (exact) mass is 295 g/mol. The van der Waals surface area contributed by atoms with Gasteiger partial charge >= 0.3 is 6.03 Å². The lowest BCUT2D eigenvalue weighted by Gasteiger charge is -2.16. The number of aromatic nitrogens is 1. The van der Waals surface area contributed by atoms with Crippen LogP contribution in [0.15, 0.2) is 5.38 Å². The molecule has 2 heterocycles. The highest BCUT2D eigenvalue weighted by atomic mass is 32.1. The first-order valence-electron chi connectivity index (χ1n) is 7.35. The number of nitrogens with one attached hydrogen (secondary N) is 1. The molecule has 0 bridgehead atoms. The summed E-state index contributed by atoms with van der Waals surface area (Å²) >= 11 is 1.53. The number of carbonyl (C=O) groups is 1. The number of likely N-dealkylation sites (tertiary alicyclic amines) is 1. The van der Waals surface area contributed by atoms with Crippen LogP contribution in [0.3, 0.4) is 0 Å². The van der Waals surface area contributed by atoms with E-state index in [-0.39, 0.29) is 6.03 Å². The maximum Gasteiger partial charge on any atom is 0.323 e. The SMILES string of the molecule is CCOC[C@@H]1CCN(C(=O)Nc2nc(C3CC3)cs2)C1. The van der Waals surface area contributed by atoms with Crippen LogP contribution in [0, 0.1) is 5.92 Å². The van der Waals surface area contributed by atoms with Crippen molar-refractivity contribution in [2.75, 3.05) is 31.6 Å². The van der Waals surface area contributed by atoms with Gasteiger partial charge in [0.05, 0.1) is 12.3 Å². The zero-order valence-electron chi connectivity index (χ0n) is 11.8. The van der Waals surface area contributed by atoms with Gasteiger partial charge in [-0.15, -0.1) is 11.3 Å². The quantitative estimate of drug-likeness (QED) is 0.908. The summed E-state index contributed by atoms with van der Waals surface area (Å²) in [5, 5.41) is 5.71. The lowest BCUT2D eigenvalue weighted by atomic mass is 10.1. The van der Waals surface area contributed by atoms with Gasteiger partial charge in [-0.05, 0) is 26.2 Å². The van der Waals surface area contributed by atoms with Gasteiger partial charge in [0.1, 0.15) is 0 Å². The Morgan fingerprint density at radius 3 is 3.15 bits per heavy atom. The van der Waals surface area contributed by atoms with Crippen LogP contribution in [-0.4, -0.2) is 42.2 Å². The second-order valence-electron chi connectivity index (χ2n) is 5.54. The van der Waals surface area contributed by atoms with Gasteiger partial charge in [-0.1, -0.05) is 0 Å². The van der Waals surface area contributed by atoms with Crippen molar-refractivity contribution in [1.29, 1.82) is 0 Å². The van der Waals surface area contributed by atoms with Gasteiger partial charge in [0.2, 0.25) is 0 Å². The molecule has 1 aliphatic heterocycles. The number of ether oxygens (including phenoxy) is 1. The van der Waals surface area contributed by atoms with E-state index in [1.54, 1.807) is 0 Å². The lowest BCUT2D eigenvalue weighted by Crippen LogP contribution is -2.33. The zero-order valence-corrected chi connectivity index (χ0v) is 12.6. The van der Waals surface area contributed by atoms with Crippen LogP contribution >= 0.6 is 11.3 Å². The lowest BCUT2D eigenvalue weighted by molar-refractivity contribution is 0.113. The molecule has 1 aromatic rings. The summed E-state index contributed by atoms with van der Waals surface area (Å²) < 4.78 is 5.43. The molecular weight excluding hydrogens is 274 g/mol. The fraction of sp³-hybridized carbons (Fsp3) is 0.714. The highest BCUT2D eigenvalue weighted by molar-refractivity contribution is 7.13. The van der Waals surface area contributed by atoms with E-state index in [2.05, 4.69) is 15.7 Å². The average Bonchev–Trinajstić information content (AvgIpc) is 3.01. The van der Waals surface area contributed by atoms with Crippen molar-refractivity contribution in [3.05, 3.63) is 11.1 Å². The minimum absolute atomic E-state index is 0.0271. The number of nitrogens with zero attached hydrogens (tertiary/aromatic N) is 2. The first kappa shape index (κ1) is 13.8. The summed E-state index contributed by atoms with van der Waals surface area (Å²) in [5.41, 5.74) is 1.14. The van der Waals surface area contributed by atoms with Crippen molar-refractivity contribution in [3.8, 4) is 0 Å².